The Bertz CT molecular complexity index is 367. The molecule has 0 radical (unpaired) electrons. The molecular formula is C15H24ClNO. The van der Waals surface area contributed by atoms with Crippen LogP contribution in [0.2, 0.25) is 5.02 Å². The highest BCUT2D eigenvalue weighted by Crippen LogP contribution is 2.28. The van der Waals surface area contributed by atoms with Crippen molar-refractivity contribution in [2.24, 2.45) is 11.8 Å². The fourth-order valence-electron chi connectivity index (χ4n) is 2.06. The number of hydrogen-bond donors (Lipinski definition) is 1. The fraction of sp³-hybridized carbons (Fsp3) is 0.600. The zero-order valence-corrected chi connectivity index (χ0v) is 12.5. The number of rotatable bonds is 6. The topological polar surface area (TPSA) is 23.5 Å². The molecule has 0 unspecified atom stereocenters. The summed E-state index contributed by atoms with van der Waals surface area (Å²) in [5, 5.41) is 9.83. The van der Waals surface area contributed by atoms with Gasteiger partial charge >= 0.3 is 0 Å². The maximum atomic E-state index is 9.11. The Morgan fingerprint density at radius 1 is 1.11 bits per heavy atom. The maximum absolute atomic E-state index is 9.11. The quantitative estimate of drug-likeness (QED) is 0.845. The molecule has 0 atom stereocenters. The molecule has 18 heavy (non-hydrogen) atoms. The van der Waals surface area contributed by atoms with Crippen molar-refractivity contribution in [3.63, 3.8) is 0 Å². The molecule has 0 amide bonds. The van der Waals surface area contributed by atoms with E-state index in [9.17, 15) is 0 Å². The van der Waals surface area contributed by atoms with Gasteiger partial charge in [0.05, 0.1) is 17.3 Å². The number of aliphatic hydroxyl groups excluding tert-OH is 1. The molecule has 2 nitrogen and oxygen atoms in total. The Hall–Kier alpha value is -0.730. The summed E-state index contributed by atoms with van der Waals surface area (Å²) < 4.78 is 0. The molecule has 1 aromatic carbocycles. The minimum atomic E-state index is 0.0361. The molecule has 1 rings (SSSR count). The smallest absolute Gasteiger partial charge is 0.0682 e. The van der Waals surface area contributed by atoms with Gasteiger partial charge in [-0.2, -0.15) is 0 Å². The lowest BCUT2D eigenvalue weighted by Crippen LogP contribution is -2.31. The molecule has 1 N–H and O–H groups in total. The number of hydrogen-bond acceptors (Lipinski definition) is 2. The zero-order valence-electron chi connectivity index (χ0n) is 11.8. The average Bonchev–Trinajstić information content (AvgIpc) is 2.26. The van der Waals surface area contributed by atoms with Crippen LogP contribution in [0.5, 0.6) is 0 Å². The van der Waals surface area contributed by atoms with Gasteiger partial charge in [-0.3, -0.25) is 0 Å². The van der Waals surface area contributed by atoms with Crippen LogP contribution in [0.3, 0.4) is 0 Å². The molecule has 0 aliphatic carbocycles. The van der Waals surface area contributed by atoms with Crippen molar-refractivity contribution in [3.05, 3.63) is 28.8 Å². The molecule has 0 saturated carbocycles. The first-order chi connectivity index (χ1) is 8.43. The highest BCUT2D eigenvalue weighted by Gasteiger charge is 2.13. The van der Waals surface area contributed by atoms with Gasteiger partial charge in [-0.25, -0.2) is 0 Å². The summed E-state index contributed by atoms with van der Waals surface area (Å²) >= 11 is 6.32. The van der Waals surface area contributed by atoms with Gasteiger partial charge in [0.1, 0.15) is 0 Å². The summed E-state index contributed by atoms with van der Waals surface area (Å²) in [5.74, 6) is 1.19. The standard InChI is InChI=1S/C15H24ClNO/c1-11(2)8-17(9-12(3)4)15-6-5-13(10-18)7-14(15)16/h5-7,11-12,18H,8-10H2,1-4H3. The van der Waals surface area contributed by atoms with Crippen LogP contribution in [0.25, 0.3) is 0 Å². The number of halogens is 1. The van der Waals surface area contributed by atoms with E-state index in [1.165, 1.54) is 0 Å². The maximum Gasteiger partial charge on any atom is 0.0682 e. The summed E-state index contributed by atoms with van der Waals surface area (Å²) in [7, 11) is 0. The minimum absolute atomic E-state index is 0.0361. The second-order valence-electron chi connectivity index (χ2n) is 5.64. The summed E-state index contributed by atoms with van der Waals surface area (Å²) in [6.07, 6.45) is 0. The van der Waals surface area contributed by atoms with Crippen molar-refractivity contribution in [3.8, 4) is 0 Å². The van der Waals surface area contributed by atoms with Gasteiger partial charge in [0.25, 0.3) is 0 Å². The second kappa shape index (κ2) is 7.01. The molecule has 0 spiro atoms. The zero-order chi connectivity index (χ0) is 13.7. The predicted molar refractivity (Wildman–Crippen MR) is 79.3 cm³/mol. The molecule has 0 bridgehead atoms. The van der Waals surface area contributed by atoms with Crippen LogP contribution in [0.1, 0.15) is 33.3 Å². The van der Waals surface area contributed by atoms with Crippen LogP contribution in [-0.4, -0.2) is 18.2 Å². The van der Waals surface area contributed by atoms with Crippen LogP contribution >= 0.6 is 11.6 Å². The van der Waals surface area contributed by atoms with Crippen molar-refractivity contribution < 1.29 is 5.11 Å². The monoisotopic (exact) mass is 269 g/mol. The summed E-state index contributed by atoms with van der Waals surface area (Å²) in [5.41, 5.74) is 1.93. The third-order valence-electron chi connectivity index (χ3n) is 2.71. The van der Waals surface area contributed by atoms with E-state index in [4.69, 9.17) is 16.7 Å². The number of anilines is 1. The molecule has 0 aliphatic heterocycles. The van der Waals surface area contributed by atoms with Crippen LogP contribution in [0.4, 0.5) is 5.69 Å². The first-order valence-corrected chi connectivity index (χ1v) is 6.96. The van der Waals surface area contributed by atoms with Crippen molar-refractivity contribution >= 4 is 17.3 Å². The highest BCUT2D eigenvalue weighted by atomic mass is 35.5. The van der Waals surface area contributed by atoms with E-state index in [0.29, 0.717) is 11.8 Å². The summed E-state index contributed by atoms with van der Waals surface area (Å²) in [6, 6.07) is 5.80. The van der Waals surface area contributed by atoms with Gasteiger partial charge in [0.2, 0.25) is 0 Å². The van der Waals surface area contributed by atoms with Gasteiger partial charge in [-0.15, -0.1) is 0 Å². The van der Waals surface area contributed by atoms with E-state index in [1.807, 2.05) is 18.2 Å². The molecule has 0 aliphatic rings. The highest BCUT2D eigenvalue weighted by molar-refractivity contribution is 6.33. The molecule has 3 heteroatoms. The van der Waals surface area contributed by atoms with Crippen molar-refractivity contribution in [2.45, 2.75) is 34.3 Å². The lowest BCUT2D eigenvalue weighted by molar-refractivity contribution is 0.282. The molecule has 0 fully saturated rings. The van der Waals surface area contributed by atoms with Crippen molar-refractivity contribution in [2.75, 3.05) is 18.0 Å². The molecule has 0 heterocycles. The minimum Gasteiger partial charge on any atom is -0.392 e. The number of nitrogens with zero attached hydrogens (tertiary/aromatic N) is 1. The van der Waals surface area contributed by atoms with E-state index in [1.54, 1.807) is 0 Å². The molecule has 102 valence electrons. The van der Waals surface area contributed by atoms with Crippen LogP contribution < -0.4 is 4.90 Å². The first kappa shape index (κ1) is 15.3. The number of benzene rings is 1. The normalized spacial score (nSPS) is 11.3. The Balaban J connectivity index is 2.96. The molecule has 1 aromatic rings. The predicted octanol–water partition coefficient (Wildman–Crippen LogP) is 3.95. The van der Waals surface area contributed by atoms with Crippen LogP contribution in [0.15, 0.2) is 18.2 Å². The Kier molecular flexibility index (Phi) is 5.97. The summed E-state index contributed by atoms with van der Waals surface area (Å²) in [6.45, 7) is 10.9. The lowest BCUT2D eigenvalue weighted by Gasteiger charge is -2.29. The van der Waals surface area contributed by atoms with Crippen molar-refractivity contribution in [1.29, 1.82) is 0 Å². The first-order valence-electron chi connectivity index (χ1n) is 6.58. The fourth-order valence-corrected chi connectivity index (χ4v) is 2.38. The van der Waals surface area contributed by atoms with Gasteiger partial charge in [-0.05, 0) is 29.5 Å². The Morgan fingerprint density at radius 3 is 2.06 bits per heavy atom. The van der Waals surface area contributed by atoms with E-state index in [2.05, 4.69) is 32.6 Å². The SMILES string of the molecule is CC(C)CN(CC(C)C)c1ccc(CO)cc1Cl. The van der Waals surface area contributed by atoms with Crippen LogP contribution in [0, 0.1) is 11.8 Å². The Morgan fingerprint density at radius 2 is 1.67 bits per heavy atom. The van der Waals surface area contributed by atoms with Gasteiger partial charge < -0.3 is 10.0 Å². The molecule has 0 aromatic heterocycles. The summed E-state index contributed by atoms with van der Waals surface area (Å²) in [4.78, 5) is 2.33. The third-order valence-corrected chi connectivity index (χ3v) is 3.01. The van der Waals surface area contributed by atoms with E-state index >= 15 is 0 Å². The average molecular weight is 270 g/mol. The van der Waals surface area contributed by atoms with E-state index < -0.39 is 0 Å². The van der Waals surface area contributed by atoms with Gasteiger partial charge in [0.15, 0.2) is 0 Å². The van der Waals surface area contributed by atoms with Crippen LogP contribution in [-0.2, 0) is 6.61 Å². The molecule has 0 saturated heterocycles. The van der Waals surface area contributed by atoms with E-state index in [0.717, 1.165) is 29.4 Å². The third kappa shape index (κ3) is 4.51. The molecular weight excluding hydrogens is 246 g/mol. The number of aliphatic hydroxyl groups is 1. The van der Waals surface area contributed by atoms with E-state index in [-0.39, 0.29) is 6.61 Å². The van der Waals surface area contributed by atoms with Gasteiger partial charge in [-0.1, -0.05) is 45.4 Å². The second-order valence-corrected chi connectivity index (χ2v) is 6.04. The lowest BCUT2D eigenvalue weighted by atomic mass is 10.1. The van der Waals surface area contributed by atoms with Gasteiger partial charge in [0, 0.05) is 13.1 Å². The largest absolute Gasteiger partial charge is 0.392 e. The van der Waals surface area contributed by atoms with Crippen molar-refractivity contribution in [1.82, 2.24) is 0 Å². The Labute approximate surface area is 116 Å².